The molecule has 0 unspecified atom stereocenters. The number of alkyl halides is 1. The lowest BCUT2D eigenvalue weighted by Gasteiger charge is -2.03. The second kappa shape index (κ2) is 4.90. The highest BCUT2D eigenvalue weighted by Gasteiger charge is 2.01. The summed E-state index contributed by atoms with van der Waals surface area (Å²) in [6.07, 6.45) is 3.13. The van der Waals surface area contributed by atoms with Crippen LogP contribution in [0.4, 0.5) is 4.39 Å². The molecule has 1 aromatic heterocycles. The zero-order chi connectivity index (χ0) is 11.4. The summed E-state index contributed by atoms with van der Waals surface area (Å²) in [5.74, 6) is 0.341. The van der Waals surface area contributed by atoms with Crippen molar-refractivity contribution in [3.63, 3.8) is 0 Å². The molecule has 82 valence electrons. The van der Waals surface area contributed by atoms with Crippen molar-refractivity contribution in [3.8, 4) is 11.8 Å². The number of hydrogen-bond acceptors (Lipinski definition) is 3. The minimum absolute atomic E-state index is 0.166. The number of halogens is 2. The van der Waals surface area contributed by atoms with Gasteiger partial charge in [-0.05, 0) is 12.1 Å². The van der Waals surface area contributed by atoms with E-state index in [0.717, 1.165) is 5.56 Å². The summed E-state index contributed by atoms with van der Waals surface area (Å²) in [4.78, 5) is 7.87. The van der Waals surface area contributed by atoms with Crippen LogP contribution >= 0.6 is 11.6 Å². The van der Waals surface area contributed by atoms with Crippen LogP contribution in [0, 0.1) is 5.82 Å². The largest absolute Gasteiger partial charge is 0.424 e. The van der Waals surface area contributed by atoms with Gasteiger partial charge < -0.3 is 4.74 Å². The fourth-order valence-electron chi connectivity index (χ4n) is 1.10. The maximum atomic E-state index is 12.9. The fourth-order valence-corrected chi connectivity index (χ4v) is 1.24. The van der Waals surface area contributed by atoms with Gasteiger partial charge in [0.1, 0.15) is 11.6 Å². The van der Waals surface area contributed by atoms with Crippen LogP contribution in [0.2, 0.25) is 0 Å². The Morgan fingerprint density at radius 1 is 1.25 bits per heavy atom. The van der Waals surface area contributed by atoms with E-state index in [1.54, 1.807) is 24.5 Å². The third-order valence-electron chi connectivity index (χ3n) is 1.84. The van der Waals surface area contributed by atoms with Gasteiger partial charge in [0, 0.05) is 24.0 Å². The minimum Gasteiger partial charge on any atom is -0.424 e. The molecule has 3 nitrogen and oxygen atoms in total. The highest BCUT2D eigenvalue weighted by atomic mass is 35.5. The van der Waals surface area contributed by atoms with Crippen LogP contribution in [0.1, 0.15) is 5.56 Å². The number of aromatic nitrogens is 2. The molecule has 0 saturated carbocycles. The van der Waals surface area contributed by atoms with Gasteiger partial charge in [-0.3, -0.25) is 0 Å². The van der Waals surface area contributed by atoms with Gasteiger partial charge in [0.05, 0.1) is 5.88 Å². The average Bonchev–Trinajstić information content (AvgIpc) is 2.30. The molecule has 5 heteroatoms. The predicted octanol–water partition coefficient (Wildman–Crippen LogP) is 3.15. The molecule has 0 aliphatic rings. The quantitative estimate of drug-likeness (QED) is 0.771. The Bertz CT molecular complexity index is 476. The van der Waals surface area contributed by atoms with E-state index in [2.05, 4.69) is 9.97 Å². The van der Waals surface area contributed by atoms with Crippen molar-refractivity contribution >= 4 is 11.6 Å². The van der Waals surface area contributed by atoms with Crippen LogP contribution in [0.25, 0.3) is 0 Å². The van der Waals surface area contributed by atoms with Crippen LogP contribution in [-0.4, -0.2) is 9.97 Å². The number of ether oxygens (including phenoxy) is 1. The molecule has 0 amide bonds. The maximum Gasteiger partial charge on any atom is 0.321 e. The Kier molecular flexibility index (Phi) is 3.31. The van der Waals surface area contributed by atoms with E-state index in [9.17, 15) is 4.39 Å². The zero-order valence-corrected chi connectivity index (χ0v) is 8.99. The van der Waals surface area contributed by atoms with E-state index >= 15 is 0 Å². The summed E-state index contributed by atoms with van der Waals surface area (Å²) in [7, 11) is 0. The van der Waals surface area contributed by atoms with Gasteiger partial charge in [-0.1, -0.05) is 6.07 Å². The minimum atomic E-state index is -0.366. The molecule has 0 aliphatic carbocycles. The fraction of sp³-hybridized carbons (Fsp3) is 0.0909. The van der Waals surface area contributed by atoms with Crippen LogP contribution in [-0.2, 0) is 5.88 Å². The Hall–Kier alpha value is -1.68. The molecular weight excluding hydrogens is 231 g/mol. The van der Waals surface area contributed by atoms with Gasteiger partial charge >= 0.3 is 6.01 Å². The molecule has 0 N–H and O–H groups in total. The van der Waals surface area contributed by atoms with Gasteiger partial charge in [-0.25, -0.2) is 14.4 Å². The topological polar surface area (TPSA) is 35.0 Å². The number of rotatable bonds is 3. The van der Waals surface area contributed by atoms with E-state index in [1.807, 2.05) is 0 Å². The molecule has 0 fully saturated rings. The van der Waals surface area contributed by atoms with Crippen molar-refractivity contribution < 1.29 is 9.13 Å². The van der Waals surface area contributed by atoms with Crippen molar-refractivity contribution in [2.24, 2.45) is 0 Å². The molecule has 0 atom stereocenters. The van der Waals surface area contributed by atoms with Crippen LogP contribution in [0.15, 0.2) is 36.7 Å². The van der Waals surface area contributed by atoms with Crippen molar-refractivity contribution in [2.45, 2.75) is 5.88 Å². The first kappa shape index (κ1) is 10.8. The molecule has 1 heterocycles. The van der Waals surface area contributed by atoms with E-state index < -0.39 is 0 Å². The number of benzene rings is 1. The van der Waals surface area contributed by atoms with E-state index in [4.69, 9.17) is 16.3 Å². The van der Waals surface area contributed by atoms with Gasteiger partial charge in [0.2, 0.25) is 0 Å². The molecule has 2 aromatic rings. The lowest BCUT2D eigenvalue weighted by molar-refractivity contribution is 0.437. The summed E-state index contributed by atoms with van der Waals surface area (Å²) < 4.78 is 18.1. The summed E-state index contributed by atoms with van der Waals surface area (Å²) in [6, 6.07) is 5.95. The molecule has 1 aromatic carbocycles. The highest BCUT2D eigenvalue weighted by Crippen LogP contribution is 2.18. The molecule has 2 rings (SSSR count). The lowest BCUT2D eigenvalue weighted by Crippen LogP contribution is -1.93. The standard InChI is InChI=1S/C11H8ClFN2O/c12-5-8-6-14-11(15-7-8)16-10-3-1-2-9(13)4-10/h1-4,6-7H,5H2. The number of hydrogen-bond donors (Lipinski definition) is 0. The Labute approximate surface area is 96.9 Å². The Morgan fingerprint density at radius 3 is 2.62 bits per heavy atom. The first-order valence-electron chi connectivity index (χ1n) is 4.58. The first-order valence-corrected chi connectivity index (χ1v) is 5.11. The van der Waals surface area contributed by atoms with Crippen LogP contribution < -0.4 is 4.74 Å². The monoisotopic (exact) mass is 238 g/mol. The molecule has 0 radical (unpaired) electrons. The van der Waals surface area contributed by atoms with Crippen molar-refractivity contribution in [3.05, 3.63) is 48.0 Å². The van der Waals surface area contributed by atoms with E-state index in [1.165, 1.54) is 12.1 Å². The smallest absolute Gasteiger partial charge is 0.321 e. The van der Waals surface area contributed by atoms with Crippen molar-refractivity contribution in [1.29, 1.82) is 0 Å². The van der Waals surface area contributed by atoms with Crippen LogP contribution in [0.3, 0.4) is 0 Å². The normalized spacial score (nSPS) is 10.1. The summed E-state index contributed by atoms with van der Waals surface area (Å²) in [6.45, 7) is 0. The second-order valence-corrected chi connectivity index (χ2v) is 3.33. The average molecular weight is 239 g/mol. The number of nitrogens with zero attached hydrogens (tertiary/aromatic N) is 2. The van der Waals surface area contributed by atoms with Gasteiger partial charge in [-0.2, -0.15) is 0 Å². The van der Waals surface area contributed by atoms with Crippen LogP contribution in [0.5, 0.6) is 11.8 Å². The van der Waals surface area contributed by atoms with Gasteiger partial charge in [0.15, 0.2) is 0 Å². The zero-order valence-electron chi connectivity index (χ0n) is 8.23. The van der Waals surface area contributed by atoms with Gasteiger partial charge in [0.25, 0.3) is 0 Å². The molecular formula is C11H8ClFN2O. The van der Waals surface area contributed by atoms with Gasteiger partial charge in [-0.15, -0.1) is 11.6 Å². The first-order chi connectivity index (χ1) is 7.78. The van der Waals surface area contributed by atoms with E-state index in [-0.39, 0.29) is 11.8 Å². The third-order valence-corrected chi connectivity index (χ3v) is 2.15. The molecule has 0 saturated heterocycles. The Morgan fingerprint density at radius 2 is 2.00 bits per heavy atom. The molecule has 0 spiro atoms. The summed E-state index contributed by atoms with van der Waals surface area (Å²) >= 11 is 5.59. The van der Waals surface area contributed by atoms with E-state index in [0.29, 0.717) is 11.6 Å². The maximum absolute atomic E-state index is 12.9. The molecule has 0 aliphatic heterocycles. The third kappa shape index (κ3) is 2.67. The van der Waals surface area contributed by atoms with Crippen molar-refractivity contribution in [2.75, 3.05) is 0 Å². The second-order valence-electron chi connectivity index (χ2n) is 3.07. The Balaban J connectivity index is 2.14. The van der Waals surface area contributed by atoms with Crippen molar-refractivity contribution in [1.82, 2.24) is 9.97 Å². The SMILES string of the molecule is Fc1cccc(Oc2ncc(CCl)cn2)c1. The highest BCUT2D eigenvalue weighted by molar-refractivity contribution is 6.17. The molecule has 0 bridgehead atoms. The molecule has 16 heavy (non-hydrogen) atoms. The summed E-state index contributed by atoms with van der Waals surface area (Å²) in [5, 5.41) is 0. The summed E-state index contributed by atoms with van der Waals surface area (Å²) in [5.41, 5.74) is 0.799. The lowest BCUT2D eigenvalue weighted by atomic mass is 10.3. The predicted molar refractivity (Wildman–Crippen MR) is 58.1 cm³/mol.